The summed E-state index contributed by atoms with van der Waals surface area (Å²) in [6, 6.07) is 0. The van der Waals surface area contributed by atoms with Crippen LogP contribution in [0.25, 0.3) is 0 Å². The number of halogens is 1. The smallest absolute Gasteiger partial charge is 0.250 e. The lowest BCUT2D eigenvalue weighted by atomic mass is 9.84. The van der Waals surface area contributed by atoms with Gasteiger partial charge >= 0.3 is 0 Å². The zero-order chi connectivity index (χ0) is 20.9. The molecule has 7 heteroatoms. The summed E-state index contributed by atoms with van der Waals surface area (Å²) in [5.41, 5.74) is -0.767. The van der Waals surface area contributed by atoms with Gasteiger partial charge in [-0.25, -0.2) is 0 Å². The number of nitrogens with zero attached hydrogens (tertiary/aromatic N) is 3. The molecule has 2 unspecified atom stereocenters. The molecule has 3 saturated heterocycles. The average Bonchev–Trinajstić information content (AvgIpc) is 3.34. The predicted molar refractivity (Wildman–Crippen MR) is 117 cm³/mol. The molecule has 6 nitrogen and oxygen atoms in total. The molecule has 5 fully saturated rings. The van der Waals surface area contributed by atoms with E-state index in [2.05, 4.69) is 17.1 Å². The molecule has 0 radical (unpaired) electrons. The lowest BCUT2D eigenvalue weighted by molar-refractivity contribution is -0.168. The van der Waals surface area contributed by atoms with Crippen molar-refractivity contribution in [2.45, 2.75) is 93.8 Å². The highest BCUT2D eigenvalue weighted by Gasteiger charge is 2.61. The van der Waals surface area contributed by atoms with Crippen molar-refractivity contribution in [3.8, 4) is 0 Å². The quantitative estimate of drug-likeness (QED) is 0.688. The maximum absolute atomic E-state index is 14.0. The minimum Gasteiger partial charge on any atom is -0.326 e. The van der Waals surface area contributed by atoms with Gasteiger partial charge in [-0.1, -0.05) is 0 Å². The first kappa shape index (κ1) is 21.0. The second-order valence-corrected chi connectivity index (χ2v) is 11.3. The minimum absolute atomic E-state index is 0.0982. The van der Waals surface area contributed by atoms with Crippen LogP contribution in [0.3, 0.4) is 0 Å². The Morgan fingerprint density at radius 2 is 1.83 bits per heavy atom. The normalized spacial score (nSPS) is 39.7. The Balaban J connectivity index is 1.39. The molecule has 1 N–H and O–H groups in total. The van der Waals surface area contributed by atoms with Crippen molar-refractivity contribution in [1.82, 2.24) is 20.0 Å². The van der Waals surface area contributed by atoms with Crippen LogP contribution in [0.1, 0.15) is 71.1 Å². The number of hydrogen-bond donors (Lipinski definition) is 1. The fourth-order valence-electron chi connectivity index (χ4n) is 6.25. The number of hydrogen-bond acceptors (Lipinski definition) is 4. The Hall–Kier alpha value is -0.850. The van der Waals surface area contributed by atoms with E-state index < -0.39 is 5.54 Å². The molecular formula is C23H37ClN4O2. The van der Waals surface area contributed by atoms with Crippen LogP contribution in [0.15, 0.2) is 0 Å². The highest BCUT2D eigenvalue weighted by Crippen LogP contribution is 2.46. The van der Waals surface area contributed by atoms with Crippen LogP contribution < -0.4 is 5.32 Å². The molecule has 3 aliphatic heterocycles. The Morgan fingerprint density at radius 3 is 2.50 bits per heavy atom. The van der Waals surface area contributed by atoms with Crippen LogP contribution in [0.2, 0.25) is 0 Å². The molecule has 2 saturated carbocycles. The van der Waals surface area contributed by atoms with E-state index in [4.69, 9.17) is 11.6 Å². The topological polar surface area (TPSA) is 55.9 Å². The third-order valence-electron chi connectivity index (χ3n) is 8.60. The van der Waals surface area contributed by atoms with Crippen molar-refractivity contribution in [2.24, 2.45) is 5.92 Å². The molecule has 0 bridgehead atoms. The van der Waals surface area contributed by atoms with Gasteiger partial charge in [-0.3, -0.25) is 14.5 Å². The van der Waals surface area contributed by atoms with Crippen molar-refractivity contribution in [2.75, 3.05) is 32.7 Å². The molecule has 5 aliphatic rings. The van der Waals surface area contributed by atoms with Crippen LogP contribution >= 0.6 is 11.6 Å². The zero-order valence-corrected chi connectivity index (χ0v) is 19.1. The van der Waals surface area contributed by atoms with E-state index in [-0.39, 0.29) is 29.3 Å². The maximum Gasteiger partial charge on any atom is 0.250 e. The van der Waals surface area contributed by atoms with Gasteiger partial charge in [0.25, 0.3) is 5.91 Å². The molecule has 168 valence electrons. The van der Waals surface area contributed by atoms with Crippen LogP contribution in [-0.4, -0.2) is 81.9 Å². The number of amides is 2. The van der Waals surface area contributed by atoms with Gasteiger partial charge in [-0.05, 0) is 83.6 Å². The van der Waals surface area contributed by atoms with Crippen molar-refractivity contribution in [1.29, 1.82) is 0 Å². The highest BCUT2D eigenvalue weighted by molar-refractivity contribution is 6.20. The number of nitrogens with one attached hydrogen (secondary N) is 1. The SMILES string of the molecule is CC1(N2CC(=O)N(CC3CCC(Cl)CC3)C3(CCN(C4CCCCN4)C3)C2=O)CC1. The van der Waals surface area contributed by atoms with Gasteiger partial charge < -0.3 is 15.1 Å². The summed E-state index contributed by atoms with van der Waals surface area (Å²) in [6.45, 7) is 5.78. The van der Waals surface area contributed by atoms with Crippen LogP contribution in [0.4, 0.5) is 0 Å². The van der Waals surface area contributed by atoms with Crippen LogP contribution in [-0.2, 0) is 9.59 Å². The summed E-state index contributed by atoms with van der Waals surface area (Å²) in [6.07, 6.45) is 11.0. The Kier molecular flexibility index (Phi) is 5.56. The molecule has 2 atom stereocenters. The fraction of sp³-hybridized carbons (Fsp3) is 0.913. The minimum atomic E-state index is -0.669. The van der Waals surface area contributed by atoms with E-state index >= 15 is 0 Å². The number of piperidine rings is 1. The zero-order valence-electron chi connectivity index (χ0n) is 18.4. The summed E-state index contributed by atoms with van der Waals surface area (Å²) < 4.78 is 0. The molecular weight excluding hydrogens is 400 g/mol. The standard InChI is InChI=1S/C23H37ClN4O2/c1-22(9-10-22)28-15-20(29)27(14-17-5-7-18(24)8-6-17)23(21(28)30)11-13-26(16-23)19-4-2-3-12-25-19/h17-19,25H,2-16H2,1H3. The molecule has 0 aromatic carbocycles. The van der Waals surface area contributed by atoms with E-state index in [1.54, 1.807) is 0 Å². The molecule has 2 amide bonds. The first-order valence-electron chi connectivity index (χ1n) is 12.2. The monoisotopic (exact) mass is 436 g/mol. The van der Waals surface area contributed by atoms with Gasteiger partial charge in [-0.15, -0.1) is 11.6 Å². The maximum atomic E-state index is 14.0. The number of carbonyl (C=O) groups is 2. The summed E-state index contributed by atoms with van der Waals surface area (Å²) in [5, 5.41) is 3.92. The Morgan fingerprint density at radius 1 is 1.07 bits per heavy atom. The van der Waals surface area contributed by atoms with Crippen molar-refractivity contribution in [3.05, 3.63) is 0 Å². The first-order valence-corrected chi connectivity index (χ1v) is 12.6. The highest BCUT2D eigenvalue weighted by atomic mass is 35.5. The van der Waals surface area contributed by atoms with Crippen LogP contribution in [0.5, 0.6) is 0 Å². The molecule has 5 rings (SSSR count). The molecule has 2 aliphatic carbocycles. The van der Waals surface area contributed by atoms with E-state index in [0.29, 0.717) is 18.6 Å². The van der Waals surface area contributed by atoms with E-state index in [9.17, 15) is 9.59 Å². The lowest BCUT2D eigenvalue weighted by Crippen LogP contribution is -2.71. The van der Waals surface area contributed by atoms with Gasteiger partial charge in [-0.2, -0.15) is 0 Å². The van der Waals surface area contributed by atoms with Gasteiger partial charge in [0.05, 0.1) is 6.17 Å². The first-order chi connectivity index (χ1) is 14.4. The molecule has 1 spiro atoms. The number of piperazine rings is 1. The van der Waals surface area contributed by atoms with Crippen molar-refractivity contribution >= 4 is 23.4 Å². The average molecular weight is 437 g/mol. The number of alkyl halides is 1. The predicted octanol–water partition coefficient (Wildman–Crippen LogP) is 2.55. The number of likely N-dealkylation sites (tertiary alicyclic amines) is 1. The summed E-state index contributed by atoms with van der Waals surface area (Å²) in [4.78, 5) is 33.9. The second-order valence-electron chi connectivity index (χ2n) is 10.7. The van der Waals surface area contributed by atoms with Crippen LogP contribution in [0, 0.1) is 5.92 Å². The van der Waals surface area contributed by atoms with E-state index in [1.165, 1.54) is 12.8 Å². The van der Waals surface area contributed by atoms with Crippen molar-refractivity contribution in [3.63, 3.8) is 0 Å². The largest absolute Gasteiger partial charge is 0.326 e. The summed E-state index contributed by atoms with van der Waals surface area (Å²) in [5.74, 6) is 0.846. The Labute approximate surface area is 185 Å². The molecule has 0 aromatic heterocycles. The van der Waals surface area contributed by atoms with Gasteiger partial charge in [0, 0.05) is 30.6 Å². The Bertz CT molecular complexity index is 685. The molecule has 0 aromatic rings. The van der Waals surface area contributed by atoms with Gasteiger partial charge in [0.2, 0.25) is 5.91 Å². The second kappa shape index (κ2) is 7.93. The third kappa shape index (κ3) is 3.67. The van der Waals surface area contributed by atoms with E-state index in [1.807, 2.05) is 9.80 Å². The van der Waals surface area contributed by atoms with E-state index in [0.717, 1.165) is 71.0 Å². The number of carbonyl (C=O) groups excluding carboxylic acids is 2. The number of rotatable bonds is 4. The van der Waals surface area contributed by atoms with Gasteiger partial charge in [0.1, 0.15) is 12.1 Å². The lowest BCUT2D eigenvalue weighted by Gasteiger charge is -2.51. The molecule has 3 heterocycles. The van der Waals surface area contributed by atoms with Crippen molar-refractivity contribution < 1.29 is 9.59 Å². The fourth-order valence-corrected chi connectivity index (χ4v) is 6.50. The summed E-state index contributed by atoms with van der Waals surface area (Å²) in [7, 11) is 0. The summed E-state index contributed by atoms with van der Waals surface area (Å²) >= 11 is 6.32. The van der Waals surface area contributed by atoms with Gasteiger partial charge in [0.15, 0.2) is 0 Å². The third-order valence-corrected chi connectivity index (χ3v) is 9.04. The molecule has 30 heavy (non-hydrogen) atoms.